The number of hydrogen-bond donors (Lipinski definition) is 0. The molecule has 1 aliphatic rings. The number of nitrogens with zero attached hydrogens (tertiary/aromatic N) is 1. The van der Waals surface area contributed by atoms with E-state index in [4.69, 9.17) is 36.8 Å². The second kappa shape index (κ2) is 8.49. The van der Waals surface area contributed by atoms with Crippen LogP contribution in [0.5, 0.6) is 0 Å². The maximum atomic E-state index is 12.7. The van der Waals surface area contributed by atoms with Crippen LogP contribution in [0, 0.1) is 0 Å². The number of fused-ring (bicyclic) bond motifs is 1. The standard InChI is InChI=1S/C24H27Cl2NO4Si/c1-24(2,3)32(4,5)31-19-12-18(13-19)29-23(28)14-6-7-20-21(10-14)30-22(27-20)15-8-16(25)11-17(26)9-15/h6-11,18-19H,12-13H2,1-5H3. The van der Waals surface area contributed by atoms with Crippen molar-refractivity contribution in [2.45, 2.75) is 64.0 Å². The van der Waals surface area contributed by atoms with Crippen molar-refractivity contribution < 1.29 is 18.4 Å². The second-order valence-electron chi connectivity index (χ2n) is 9.86. The third kappa shape index (κ3) is 4.88. The van der Waals surface area contributed by atoms with Gasteiger partial charge in [0.05, 0.1) is 11.7 Å². The van der Waals surface area contributed by atoms with Crippen LogP contribution in [-0.2, 0) is 9.16 Å². The van der Waals surface area contributed by atoms with Crippen LogP contribution in [0.3, 0.4) is 0 Å². The predicted molar refractivity (Wildman–Crippen MR) is 130 cm³/mol. The predicted octanol–water partition coefficient (Wildman–Crippen LogP) is 7.51. The Labute approximate surface area is 199 Å². The van der Waals surface area contributed by atoms with E-state index < -0.39 is 8.32 Å². The molecular formula is C24H27Cl2NO4Si. The molecule has 170 valence electrons. The van der Waals surface area contributed by atoms with Gasteiger partial charge in [0, 0.05) is 28.5 Å². The summed E-state index contributed by atoms with van der Waals surface area (Å²) in [5.41, 5.74) is 2.24. The van der Waals surface area contributed by atoms with E-state index in [1.54, 1.807) is 36.4 Å². The molecule has 8 heteroatoms. The van der Waals surface area contributed by atoms with Crippen LogP contribution in [0.25, 0.3) is 22.6 Å². The highest BCUT2D eigenvalue weighted by molar-refractivity contribution is 6.74. The molecule has 0 radical (unpaired) electrons. The fourth-order valence-corrected chi connectivity index (χ4v) is 5.28. The smallest absolute Gasteiger partial charge is 0.338 e. The summed E-state index contributed by atoms with van der Waals surface area (Å²) >= 11 is 12.2. The van der Waals surface area contributed by atoms with E-state index in [0.717, 1.165) is 12.8 Å². The minimum atomic E-state index is -1.81. The molecule has 0 aliphatic heterocycles. The van der Waals surface area contributed by atoms with Gasteiger partial charge in [0.2, 0.25) is 5.89 Å². The molecule has 5 nitrogen and oxygen atoms in total. The molecule has 1 aromatic heterocycles. The quantitative estimate of drug-likeness (QED) is 0.272. The fourth-order valence-electron chi connectivity index (χ4n) is 3.38. The van der Waals surface area contributed by atoms with Gasteiger partial charge in [-0.1, -0.05) is 44.0 Å². The molecule has 0 spiro atoms. The Bertz CT molecular complexity index is 1140. The lowest BCUT2D eigenvalue weighted by molar-refractivity contribution is -0.0415. The van der Waals surface area contributed by atoms with E-state index in [2.05, 4.69) is 38.8 Å². The molecule has 0 atom stereocenters. The zero-order valence-corrected chi connectivity index (χ0v) is 21.4. The number of carbonyl (C=O) groups is 1. The lowest BCUT2D eigenvalue weighted by atomic mass is 9.92. The van der Waals surface area contributed by atoms with Crippen molar-refractivity contribution in [2.75, 3.05) is 0 Å². The van der Waals surface area contributed by atoms with E-state index in [9.17, 15) is 4.79 Å². The van der Waals surface area contributed by atoms with Crippen molar-refractivity contribution in [3.8, 4) is 11.5 Å². The summed E-state index contributed by atoms with van der Waals surface area (Å²) in [6, 6.07) is 10.2. The van der Waals surface area contributed by atoms with Gasteiger partial charge >= 0.3 is 5.97 Å². The Kier molecular flexibility index (Phi) is 6.18. The average Bonchev–Trinajstić information content (AvgIpc) is 3.07. The number of oxazole rings is 1. The molecule has 3 aromatic rings. The summed E-state index contributed by atoms with van der Waals surface area (Å²) in [7, 11) is -1.81. The number of hydrogen-bond acceptors (Lipinski definition) is 5. The average molecular weight is 492 g/mol. The van der Waals surface area contributed by atoms with Crippen molar-refractivity contribution in [3.63, 3.8) is 0 Å². The van der Waals surface area contributed by atoms with Crippen LogP contribution in [0.2, 0.25) is 28.2 Å². The zero-order valence-electron chi connectivity index (χ0n) is 18.9. The van der Waals surface area contributed by atoms with Crippen molar-refractivity contribution in [2.24, 2.45) is 0 Å². The first-order valence-electron chi connectivity index (χ1n) is 10.7. The number of benzene rings is 2. The Hall–Kier alpha value is -1.86. The van der Waals surface area contributed by atoms with E-state index in [1.807, 2.05) is 0 Å². The fraction of sp³-hybridized carbons (Fsp3) is 0.417. The van der Waals surface area contributed by atoms with Gasteiger partial charge in [-0.05, 0) is 54.5 Å². The van der Waals surface area contributed by atoms with Crippen LogP contribution < -0.4 is 0 Å². The molecule has 2 aromatic carbocycles. The molecule has 1 saturated carbocycles. The maximum absolute atomic E-state index is 12.7. The SMILES string of the molecule is CC(C)(C)[Si](C)(C)OC1CC(OC(=O)c2ccc3nc(-c4cc(Cl)cc(Cl)c4)oc3c2)C1. The van der Waals surface area contributed by atoms with Gasteiger partial charge in [0.15, 0.2) is 13.9 Å². The highest BCUT2D eigenvalue weighted by Gasteiger charge is 2.43. The summed E-state index contributed by atoms with van der Waals surface area (Å²) in [6.07, 6.45) is 1.52. The maximum Gasteiger partial charge on any atom is 0.338 e. The molecule has 0 unspecified atom stereocenters. The molecule has 0 amide bonds. The first kappa shape index (κ1) is 23.3. The van der Waals surface area contributed by atoms with Gasteiger partial charge in [-0.15, -0.1) is 0 Å². The molecule has 1 fully saturated rings. The highest BCUT2D eigenvalue weighted by atomic mass is 35.5. The van der Waals surface area contributed by atoms with Crippen molar-refractivity contribution in [3.05, 3.63) is 52.0 Å². The van der Waals surface area contributed by atoms with Gasteiger partial charge in [0.1, 0.15) is 11.6 Å². The van der Waals surface area contributed by atoms with Crippen LogP contribution in [-0.4, -0.2) is 31.5 Å². The number of ether oxygens (including phenoxy) is 1. The third-order valence-corrected chi connectivity index (χ3v) is 11.3. The van der Waals surface area contributed by atoms with Crippen LogP contribution in [0.1, 0.15) is 44.0 Å². The number of rotatable bonds is 5. The molecule has 1 aliphatic carbocycles. The summed E-state index contributed by atoms with van der Waals surface area (Å²) in [5.74, 6) is 0.0194. The summed E-state index contributed by atoms with van der Waals surface area (Å²) < 4.78 is 17.9. The third-order valence-electron chi connectivity index (χ3n) is 6.33. The Balaban J connectivity index is 1.41. The van der Waals surface area contributed by atoms with E-state index in [0.29, 0.717) is 38.2 Å². The number of halogens is 2. The first-order valence-corrected chi connectivity index (χ1v) is 14.3. The van der Waals surface area contributed by atoms with Crippen LogP contribution >= 0.6 is 23.2 Å². The molecular weight excluding hydrogens is 465 g/mol. The molecule has 0 saturated heterocycles. The Morgan fingerprint density at radius 2 is 1.72 bits per heavy atom. The lowest BCUT2D eigenvalue weighted by Crippen LogP contribution is -2.49. The highest BCUT2D eigenvalue weighted by Crippen LogP contribution is 2.40. The van der Waals surface area contributed by atoms with E-state index >= 15 is 0 Å². The normalized spacial score (nSPS) is 19.1. The topological polar surface area (TPSA) is 61.6 Å². The van der Waals surface area contributed by atoms with Crippen molar-refractivity contribution in [1.29, 1.82) is 0 Å². The van der Waals surface area contributed by atoms with Crippen molar-refractivity contribution in [1.82, 2.24) is 4.98 Å². The first-order chi connectivity index (χ1) is 14.9. The molecule has 1 heterocycles. The minimum Gasteiger partial charge on any atom is -0.459 e. The monoisotopic (exact) mass is 491 g/mol. The minimum absolute atomic E-state index is 0.119. The number of aromatic nitrogens is 1. The van der Waals surface area contributed by atoms with Gasteiger partial charge in [-0.25, -0.2) is 9.78 Å². The number of esters is 1. The summed E-state index contributed by atoms with van der Waals surface area (Å²) in [4.78, 5) is 17.1. The Morgan fingerprint density at radius 3 is 2.34 bits per heavy atom. The zero-order chi connectivity index (χ0) is 23.3. The van der Waals surface area contributed by atoms with Crippen LogP contribution in [0.4, 0.5) is 0 Å². The molecule has 0 bridgehead atoms. The van der Waals surface area contributed by atoms with Gasteiger partial charge in [0.25, 0.3) is 0 Å². The van der Waals surface area contributed by atoms with Gasteiger partial charge in [-0.2, -0.15) is 0 Å². The Morgan fingerprint density at radius 1 is 1.06 bits per heavy atom. The lowest BCUT2D eigenvalue weighted by Gasteiger charge is -2.44. The molecule has 0 N–H and O–H groups in total. The van der Waals surface area contributed by atoms with Gasteiger partial charge < -0.3 is 13.6 Å². The summed E-state index contributed by atoms with van der Waals surface area (Å²) in [6.45, 7) is 11.2. The van der Waals surface area contributed by atoms with E-state index in [1.165, 1.54) is 0 Å². The molecule has 32 heavy (non-hydrogen) atoms. The summed E-state index contributed by atoms with van der Waals surface area (Å²) in [5, 5.41) is 1.15. The van der Waals surface area contributed by atoms with E-state index in [-0.39, 0.29) is 23.2 Å². The van der Waals surface area contributed by atoms with Crippen molar-refractivity contribution >= 4 is 48.6 Å². The van der Waals surface area contributed by atoms with Gasteiger partial charge in [-0.3, -0.25) is 0 Å². The van der Waals surface area contributed by atoms with Crippen LogP contribution in [0.15, 0.2) is 40.8 Å². The number of carbonyl (C=O) groups excluding carboxylic acids is 1. The second-order valence-corrected chi connectivity index (χ2v) is 15.5. The largest absolute Gasteiger partial charge is 0.459 e. The molecule has 4 rings (SSSR count).